The Morgan fingerprint density at radius 2 is 1.73 bits per heavy atom. The Morgan fingerprint density at radius 1 is 1.13 bits per heavy atom. The molecule has 0 bridgehead atoms. The zero-order chi connectivity index (χ0) is 11.4. The van der Waals surface area contributed by atoms with E-state index < -0.39 is 0 Å². The van der Waals surface area contributed by atoms with Gasteiger partial charge in [0, 0.05) is 5.69 Å². The number of hydrogen-bond donors (Lipinski definition) is 0. The van der Waals surface area contributed by atoms with Gasteiger partial charge in [0.25, 0.3) is 0 Å². The summed E-state index contributed by atoms with van der Waals surface area (Å²) in [5.41, 5.74) is 3.90. The summed E-state index contributed by atoms with van der Waals surface area (Å²) in [6.45, 7) is 6.20. The van der Waals surface area contributed by atoms with Crippen LogP contribution >= 0.6 is 15.9 Å². The van der Waals surface area contributed by atoms with Gasteiger partial charge < -0.3 is 0 Å². The van der Waals surface area contributed by atoms with E-state index in [0.29, 0.717) is 0 Å². The lowest BCUT2D eigenvalue weighted by Gasteiger charge is -2.12. The van der Waals surface area contributed by atoms with Gasteiger partial charge in [-0.2, -0.15) is 5.26 Å². The van der Waals surface area contributed by atoms with Crippen molar-refractivity contribution in [1.82, 2.24) is 4.98 Å². The molecule has 1 aromatic rings. The molecule has 0 aliphatic carbocycles. The lowest BCUT2D eigenvalue weighted by atomic mass is 10.0. The van der Waals surface area contributed by atoms with Gasteiger partial charge in [0.2, 0.25) is 0 Å². The predicted molar refractivity (Wildman–Crippen MR) is 64.8 cm³/mol. The van der Waals surface area contributed by atoms with E-state index in [-0.39, 0.29) is 0 Å². The quantitative estimate of drug-likeness (QED) is 0.841. The fourth-order valence-electron chi connectivity index (χ4n) is 1.72. The minimum absolute atomic E-state index is 0.765. The summed E-state index contributed by atoms with van der Waals surface area (Å²) < 4.78 is 0.876. The van der Waals surface area contributed by atoms with E-state index in [1.54, 1.807) is 0 Å². The number of rotatable bonds is 3. The molecule has 0 amide bonds. The van der Waals surface area contributed by atoms with Crippen LogP contribution in [-0.2, 0) is 19.3 Å². The maximum absolute atomic E-state index is 9.16. The topological polar surface area (TPSA) is 36.7 Å². The van der Waals surface area contributed by atoms with Crippen molar-refractivity contribution in [2.24, 2.45) is 0 Å². The van der Waals surface area contributed by atoms with Gasteiger partial charge >= 0.3 is 0 Å². The summed E-state index contributed by atoms with van der Waals surface area (Å²) in [5.74, 6) is 0. The number of pyridine rings is 1. The van der Waals surface area contributed by atoms with Crippen LogP contribution in [0.15, 0.2) is 4.47 Å². The molecule has 1 heterocycles. The van der Waals surface area contributed by atoms with Gasteiger partial charge in [0.15, 0.2) is 0 Å². The number of hydrogen-bond acceptors (Lipinski definition) is 2. The summed E-state index contributed by atoms with van der Waals surface area (Å²) in [7, 11) is 0. The Morgan fingerprint density at radius 3 is 2.13 bits per heavy atom. The fraction of sp³-hybridized carbons (Fsp3) is 0.500. The van der Waals surface area contributed by atoms with E-state index in [9.17, 15) is 0 Å². The summed E-state index contributed by atoms with van der Waals surface area (Å²) in [4.78, 5) is 4.59. The van der Waals surface area contributed by atoms with Crippen LogP contribution in [0.2, 0.25) is 0 Å². The van der Waals surface area contributed by atoms with Gasteiger partial charge in [-0.25, -0.2) is 0 Å². The van der Waals surface area contributed by atoms with Crippen molar-refractivity contribution >= 4 is 15.9 Å². The Hall–Kier alpha value is -0.880. The lowest BCUT2D eigenvalue weighted by Crippen LogP contribution is -2.04. The molecule has 1 aromatic heterocycles. The number of aryl methyl sites for hydroxylation is 2. The minimum atomic E-state index is 0.765. The molecule has 0 saturated heterocycles. The van der Waals surface area contributed by atoms with Crippen LogP contribution < -0.4 is 0 Å². The summed E-state index contributed by atoms with van der Waals surface area (Å²) in [6.07, 6.45) is 2.60. The first-order valence-corrected chi connectivity index (χ1v) is 6.08. The zero-order valence-corrected chi connectivity index (χ0v) is 11.0. The van der Waals surface area contributed by atoms with Gasteiger partial charge in [-0.15, -0.1) is 0 Å². The smallest absolute Gasteiger partial charge is 0.101 e. The van der Waals surface area contributed by atoms with E-state index in [0.717, 1.165) is 46.2 Å². The largest absolute Gasteiger partial charge is 0.256 e. The van der Waals surface area contributed by atoms with Gasteiger partial charge in [-0.05, 0) is 40.8 Å². The van der Waals surface area contributed by atoms with Crippen molar-refractivity contribution in [2.45, 2.75) is 40.0 Å². The second-order valence-corrected chi connectivity index (χ2v) is 4.14. The molecule has 15 heavy (non-hydrogen) atoms. The first-order chi connectivity index (χ1) is 7.19. The normalized spacial score (nSPS) is 10.1. The van der Waals surface area contributed by atoms with E-state index >= 15 is 0 Å². The van der Waals surface area contributed by atoms with Gasteiger partial charge in [0.05, 0.1) is 15.7 Å². The highest BCUT2D eigenvalue weighted by Gasteiger charge is 2.14. The summed E-state index contributed by atoms with van der Waals surface area (Å²) >= 11 is 3.47. The van der Waals surface area contributed by atoms with Crippen LogP contribution in [0.4, 0.5) is 0 Å². The summed E-state index contributed by atoms with van der Waals surface area (Å²) in [5, 5.41) is 9.16. The molecule has 0 aliphatic heterocycles. The summed E-state index contributed by atoms with van der Waals surface area (Å²) in [6, 6.07) is 2.28. The van der Waals surface area contributed by atoms with Crippen molar-refractivity contribution in [3.63, 3.8) is 0 Å². The standard InChI is InChI=1S/C12H15BrN2/c1-4-8-9(7-14)12(13)11(6-3)15-10(8)5-2/h4-6H2,1-3H3. The molecule has 0 aromatic carbocycles. The average molecular weight is 267 g/mol. The van der Waals surface area contributed by atoms with E-state index in [2.05, 4.69) is 47.8 Å². The number of halogens is 1. The molecular formula is C12H15BrN2. The molecule has 0 radical (unpaired) electrons. The average Bonchev–Trinajstić information content (AvgIpc) is 2.28. The third kappa shape index (κ3) is 2.21. The SMILES string of the molecule is CCc1nc(CC)c(CC)c(C#N)c1Br. The predicted octanol–water partition coefficient (Wildman–Crippen LogP) is 3.40. The number of nitriles is 1. The van der Waals surface area contributed by atoms with Gasteiger partial charge in [-0.3, -0.25) is 4.98 Å². The molecule has 0 spiro atoms. The monoisotopic (exact) mass is 266 g/mol. The van der Waals surface area contributed by atoms with Crippen LogP contribution in [0.3, 0.4) is 0 Å². The first-order valence-electron chi connectivity index (χ1n) is 5.29. The number of aromatic nitrogens is 1. The van der Waals surface area contributed by atoms with E-state index in [4.69, 9.17) is 5.26 Å². The maximum atomic E-state index is 9.16. The van der Waals surface area contributed by atoms with Crippen LogP contribution in [0.5, 0.6) is 0 Å². The lowest BCUT2D eigenvalue weighted by molar-refractivity contribution is 0.900. The molecular weight excluding hydrogens is 252 g/mol. The molecule has 80 valence electrons. The van der Waals surface area contributed by atoms with E-state index in [1.165, 1.54) is 0 Å². The molecule has 0 unspecified atom stereocenters. The molecule has 3 heteroatoms. The van der Waals surface area contributed by atoms with Gasteiger partial charge in [-0.1, -0.05) is 20.8 Å². The molecule has 0 aliphatic rings. The number of nitrogens with zero attached hydrogens (tertiary/aromatic N) is 2. The fourth-order valence-corrected chi connectivity index (χ4v) is 2.42. The third-order valence-corrected chi connectivity index (χ3v) is 3.38. The van der Waals surface area contributed by atoms with Crippen LogP contribution in [0.25, 0.3) is 0 Å². The van der Waals surface area contributed by atoms with Crippen molar-refractivity contribution in [2.75, 3.05) is 0 Å². The van der Waals surface area contributed by atoms with Crippen LogP contribution in [0, 0.1) is 11.3 Å². The molecule has 0 N–H and O–H groups in total. The molecule has 1 rings (SSSR count). The molecule has 0 fully saturated rings. The second kappa shape index (κ2) is 5.27. The zero-order valence-electron chi connectivity index (χ0n) is 9.39. The molecule has 0 atom stereocenters. The maximum Gasteiger partial charge on any atom is 0.101 e. The van der Waals surface area contributed by atoms with Crippen molar-refractivity contribution in [3.05, 3.63) is 27.0 Å². The van der Waals surface area contributed by atoms with Crippen LogP contribution in [-0.4, -0.2) is 4.98 Å². The molecule has 0 saturated carbocycles. The highest BCUT2D eigenvalue weighted by molar-refractivity contribution is 9.10. The first kappa shape index (κ1) is 12.2. The van der Waals surface area contributed by atoms with Crippen molar-refractivity contribution in [3.8, 4) is 6.07 Å². The second-order valence-electron chi connectivity index (χ2n) is 3.35. The Balaban J connectivity index is 3.52. The minimum Gasteiger partial charge on any atom is -0.256 e. The Bertz CT molecular complexity index is 405. The highest BCUT2D eigenvalue weighted by Crippen LogP contribution is 2.26. The Labute approximate surface area is 99.5 Å². The van der Waals surface area contributed by atoms with Gasteiger partial charge in [0.1, 0.15) is 6.07 Å². The Kier molecular flexibility index (Phi) is 4.28. The molecule has 2 nitrogen and oxygen atoms in total. The third-order valence-electron chi connectivity index (χ3n) is 2.53. The van der Waals surface area contributed by atoms with Crippen molar-refractivity contribution < 1.29 is 0 Å². The van der Waals surface area contributed by atoms with Crippen LogP contribution in [0.1, 0.15) is 43.3 Å². The van der Waals surface area contributed by atoms with E-state index in [1.807, 2.05) is 0 Å². The highest BCUT2D eigenvalue weighted by atomic mass is 79.9. The van der Waals surface area contributed by atoms with Crippen molar-refractivity contribution in [1.29, 1.82) is 5.26 Å².